The SMILES string of the molecule is COCC1CN(I)CC1N. The summed E-state index contributed by atoms with van der Waals surface area (Å²) in [5, 5.41) is 0. The molecule has 10 heavy (non-hydrogen) atoms. The van der Waals surface area contributed by atoms with Crippen molar-refractivity contribution in [2.24, 2.45) is 11.7 Å². The Labute approximate surface area is 75.4 Å². The molecule has 1 fully saturated rings. The lowest BCUT2D eigenvalue weighted by atomic mass is 10.1. The highest BCUT2D eigenvalue weighted by Gasteiger charge is 2.28. The van der Waals surface area contributed by atoms with Crippen molar-refractivity contribution in [1.82, 2.24) is 3.11 Å². The Morgan fingerprint density at radius 1 is 1.70 bits per heavy atom. The summed E-state index contributed by atoms with van der Waals surface area (Å²) in [6.07, 6.45) is 0. The molecule has 1 rings (SSSR count). The fraction of sp³-hybridized carbons (Fsp3) is 1.00. The Kier molecular flexibility index (Phi) is 3.35. The van der Waals surface area contributed by atoms with Gasteiger partial charge in [0.05, 0.1) is 6.61 Å². The summed E-state index contributed by atoms with van der Waals surface area (Å²) in [5.74, 6) is 0.530. The molecule has 0 aromatic heterocycles. The van der Waals surface area contributed by atoms with Crippen molar-refractivity contribution in [3.05, 3.63) is 0 Å². The van der Waals surface area contributed by atoms with Crippen molar-refractivity contribution >= 4 is 22.9 Å². The molecule has 2 atom stereocenters. The lowest BCUT2D eigenvalue weighted by Crippen LogP contribution is -2.31. The van der Waals surface area contributed by atoms with Crippen LogP contribution in [0.25, 0.3) is 0 Å². The lowest BCUT2D eigenvalue weighted by molar-refractivity contribution is 0.152. The second kappa shape index (κ2) is 3.85. The van der Waals surface area contributed by atoms with Crippen LogP contribution < -0.4 is 5.73 Å². The van der Waals surface area contributed by atoms with Gasteiger partial charge in [-0.05, 0) is 0 Å². The Morgan fingerprint density at radius 3 is 2.80 bits per heavy atom. The summed E-state index contributed by atoms with van der Waals surface area (Å²) in [4.78, 5) is 0. The first-order valence-electron chi connectivity index (χ1n) is 3.39. The van der Waals surface area contributed by atoms with E-state index in [1.807, 2.05) is 0 Å². The summed E-state index contributed by atoms with van der Waals surface area (Å²) in [5.41, 5.74) is 5.83. The average Bonchev–Trinajstić information content (AvgIpc) is 2.13. The van der Waals surface area contributed by atoms with Gasteiger partial charge >= 0.3 is 0 Å². The van der Waals surface area contributed by atoms with Gasteiger partial charge in [0.1, 0.15) is 0 Å². The molecular formula is C6H13IN2O. The second-order valence-electron chi connectivity index (χ2n) is 2.71. The predicted octanol–water partition coefficient (Wildman–Crippen LogP) is 0.242. The summed E-state index contributed by atoms with van der Waals surface area (Å²) < 4.78 is 7.25. The van der Waals surface area contributed by atoms with Gasteiger partial charge < -0.3 is 10.5 Å². The zero-order valence-electron chi connectivity index (χ0n) is 6.09. The van der Waals surface area contributed by atoms with Crippen molar-refractivity contribution in [2.45, 2.75) is 6.04 Å². The van der Waals surface area contributed by atoms with Crippen LogP contribution >= 0.6 is 22.9 Å². The fourth-order valence-corrected chi connectivity index (χ4v) is 2.19. The Balaban J connectivity index is 2.31. The van der Waals surface area contributed by atoms with E-state index in [1.54, 1.807) is 7.11 Å². The van der Waals surface area contributed by atoms with E-state index in [2.05, 4.69) is 26.0 Å². The van der Waals surface area contributed by atoms with Crippen LogP contribution in [0.4, 0.5) is 0 Å². The molecule has 0 aromatic carbocycles. The first-order valence-corrected chi connectivity index (χ1v) is 4.35. The van der Waals surface area contributed by atoms with E-state index in [-0.39, 0.29) is 0 Å². The van der Waals surface area contributed by atoms with Crippen molar-refractivity contribution in [3.63, 3.8) is 0 Å². The van der Waals surface area contributed by atoms with E-state index in [4.69, 9.17) is 10.5 Å². The molecule has 2 unspecified atom stereocenters. The van der Waals surface area contributed by atoms with Crippen molar-refractivity contribution in [3.8, 4) is 0 Å². The Hall–Kier alpha value is 0.610. The summed E-state index contributed by atoms with van der Waals surface area (Å²) in [7, 11) is 1.72. The van der Waals surface area contributed by atoms with Crippen LogP contribution in [0.15, 0.2) is 0 Å². The van der Waals surface area contributed by atoms with Gasteiger partial charge in [0, 0.05) is 55.0 Å². The van der Waals surface area contributed by atoms with E-state index in [0.717, 1.165) is 19.7 Å². The number of nitrogens with zero attached hydrogens (tertiary/aromatic N) is 1. The van der Waals surface area contributed by atoms with Crippen LogP contribution in [-0.2, 0) is 4.74 Å². The van der Waals surface area contributed by atoms with Gasteiger partial charge in [0.2, 0.25) is 0 Å². The van der Waals surface area contributed by atoms with Gasteiger partial charge in [-0.25, -0.2) is 3.11 Å². The minimum Gasteiger partial charge on any atom is -0.384 e. The van der Waals surface area contributed by atoms with Crippen molar-refractivity contribution in [1.29, 1.82) is 0 Å². The third-order valence-electron chi connectivity index (χ3n) is 1.83. The monoisotopic (exact) mass is 256 g/mol. The van der Waals surface area contributed by atoms with Gasteiger partial charge in [-0.1, -0.05) is 0 Å². The lowest BCUT2D eigenvalue weighted by Gasteiger charge is -2.11. The molecular weight excluding hydrogens is 243 g/mol. The predicted molar refractivity (Wildman–Crippen MR) is 48.9 cm³/mol. The molecule has 60 valence electrons. The van der Waals surface area contributed by atoms with E-state index >= 15 is 0 Å². The highest BCUT2D eigenvalue weighted by Crippen LogP contribution is 2.18. The molecule has 0 aromatic rings. The maximum atomic E-state index is 5.83. The normalized spacial score (nSPS) is 35.1. The summed E-state index contributed by atoms with van der Waals surface area (Å²) >= 11 is 2.30. The molecule has 0 saturated carbocycles. The zero-order valence-corrected chi connectivity index (χ0v) is 8.24. The molecule has 0 spiro atoms. The minimum absolute atomic E-state index is 0.303. The number of methoxy groups -OCH3 is 1. The van der Waals surface area contributed by atoms with Gasteiger partial charge in [-0.2, -0.15) is 0 Å². The van der Waals surface area contributed by atoms with E-state index in [0.29, 0.717) is 12.0 Å². The van der Waals surface area contributed by atoms with Gasteiger partial charge in [0.25, 0.3) is 0 Å². The standard InChI is InChI=1S/C6H13IN2O/c1-10-4-5-2-9(7)3-6(5)8/h5-6H,2-4,8H2,1H3. The molecule has 0 aliphatic carbocycles. The highest BCUT2D eigenvalue weighted by molar-refractivity contribution is 14.1. The number of halogens is 1. The Bertz CT molecular complexity index is 112. The maximum Gasteiger partial charge on any atom is 0.0518 e. The van der Waals surface area contributed by atoms with E-state index < -0.39 is 0 Å². The third-order valence-corrected chi connectivity index (χ3v) is 2.62. The van der Waals surface area contributed by atoms with Crippen LogP contribution in [0.2, 0.25) is 0 Å². The van der Waals surface area contributed by atoms with Crippen LogP contribution in [0.1, 0.15) is 0 Å². The molecule has 0 bridgehead atoms. The maximum absolute atomic E-state index is 5.83. The zero-order chi connectivity index (χ0) is 7.56. The average molecular weight is 256 g/mol. The molecule has 1 heterocycles. The number of hydrogen-bond donors (Lipinski definition) is 1. The van der Waals surface area contributed by atoms with Crippen molar-refractivity contribution in [2.75, 3.05) is 26.8 Å². The molecule has 1 aliphatic rings. The summed E-state index contributed by atoms with van der Waals surface area (Å²) in [6, 6.07) is 0.303. The second-order valence-corrected chi connectivity index (χ2v) is 4.07. The van der Waals surface area contributed by atoms with Gasteiger partial charge in [-0.15, -0.1) is 0 Å². The summed E-state index contributed by atoms with van der Waals surface area (Å²) in [6.45, 7) is 2.85. The fourth-order valence-electron chi connectivity index (χ4n) is 1.23. The minimum atomic E-state index is 0.303. The number of hydrogen-bond acceptors (Lipinski definition) is 3. The third kappa shape index (κ3) is 2.05. The molecule has 0 radical (unpaired) electrons. The quantitative estimate of drug-likeness (QED) is 0.568. The number of nitrogens with two attached hydrogens (primary N) is 1. The smallest absolute Gasteiger partial charge is 0.0518 e. The molecule has 1 saturated heterocycles. The van der Waals surface area contributed by atoms with E-state index in [1.165, 1.54) is 0 Å². The van der Waals surface area contributed by atoms with Gasteiger partial charge in [0.15, 0.2) is 0 Å². The highest BCUT2D eigenvalue weighted by atomic mass is 127. The van der Waals surface area contributed by atoms with Crippen LogP contribution in [0, 0.1) is 5.92 Å². The molecule has 0 amide bonds. The molecule has 2 N–H and O–H groups in total. The van der Waals surface area contributed by atoms with Crippen LogP contribution in [0.5, 0.6) is 0 Å². The van der Waals surface area contributed by atoms with Crippen LogP contribution in [-0.4, -0.2) is 36.0 Å². The first kappa shape index (κ1) is 8.70. The molecule has 3 nitrogen and oxygen atoms in total. The number of ether oxygens (including phenoxy) is 1. The largest absolute Gasteiger partial charge is 0.384 e. The van der Waals surface area contributed by atoms with E-state index in [9.17, 15) is 0 Å². The number of rotatable bonds is 2. The first-order chi connectivity index (χ1) is 4.74. The molecule has 4 heteroatoms. The topological polar surface area (TPSA) is 38.5 Å². The van der Waals surface area contributed by atoms with Gasteiger partial charge in [-0.3, -0.25) is 0 Å². The molecule has 1 aliphatic heterocycles. The Morgan fingerprint density at radius 2 is 2.40 bits per heavy atom. The van der Waals surface area contributed by atoms with Crippen molar-refractivity contribution < 1.29 is 4.74 Å². The van der Waals surface area contributed by atoms with Crippen LogP contribution in [0.3, 0.4) is 0 Å².